The fourth-order valence-corrected chi connectivity index (χ4v) is 7.62. The van der Waals surface area contributed by atoms with Crippen LogP contribution in [-0.4, -0.2) is 89.3 Å². The summed E-state index contributed by atoms with van der Waals surface area (Å²) in [4.78, 5) is 60.1. The molecule has 6 rings (SSSR count). The summed E-state index contributed by atoms with van der Waals surface area (Å²) in [6, 6.07) is 11.7. The fourth-order valence-electron chi connectivity index (χ4n) is 6.50. The number of ether oxygens (including phenoxy) is 3. The predicted octanol–water partition coefficient (Wildman–Crippen LogP) is 4.21. The van der Waals surface area contributed by atoms with E-state index in [-0.39, 0.29) is 61.2 Å². The molecule has 56 heavy (non-hydrogen) atoms. The minimum atomic E-state index is -1.46. The number of nitrogens with zero attached hydrogens (tertiary/aromatic N) is 4. The predicted molar refractivity (Wildman–Crippen MR) is 212 cm³/mol. The first-order valence-corrected chi connectivity index (χ1v) is 20.0. The normalized spacial score (nSPS) is 15.2. The molecule has 1 atom stereocenters. The summed E-state index contributed by atoms with van der Waals surface area (Å²) in [5.41, 5.74) is 3.33. The van der Waals surface area contributed by atoms with Gasteiger partial charge >= 0.3 is 6.03 Å². The molecule has 2 aromatic carbocycles. The number of hydrogen-bond acceptors (Lipinski definition) is 11. The number of hydrogen-bond donors (Lipinski definition) is 4. The Balaban J connectivity index is 0.850. The number of urea groups is 1. The maximum absolute atomic E-state index is 13.0. The first kappa shape index (κ1) is 40.7. The first-order chi connectivity index (χ1) is 27.1. The maximum Gasteiger partial charge on any atom is 0.328 e. The lowest BCUT2D eigenvalue weighted by Crippen LogP contribution is -2.49. The Hall–Kier alpha value is -4.94. The van der Waals surface area contributed by atoms with Gasteiger partial charge in [-0.1, -0.05) is 30.5 Å². The molecule has 18 heteroatoms. The number of rotatable bonds is 18. The van der Waals surface area contributed by atoms with E-state index in [9.17, 15) is 23.4 Å². The Morgan fingerprint density at radius 1 is 0.982 bits per heavy atom. The van der Waals surface area contributed by atoms with Gasteiger partial charge in [0.15, 0.2) is 6.61 Å². The molecule has 2 aliphatic rings. The van der Waals surface area contributed by atoms with Gasteiger partial charge in [0.2, 0.25) is 11.9 Å². The lowest BCUT2D eigenvalue weighted by atomic mass is 10.1. The molecule has 2 fully saturated rings. The summed E-state index contributed by atoms with van der Waals surface area (Å²) in [5, 5.41) is 9.11. The molecule has 4 aromatic rings. The van der Waals surface area contributed by atoms with Crippen molar-refractivity contribution >= 4 is 68.8 Å². The van der Waals surface area contributed by atoms with E-state index in [1.165, 1.54) is 4.90 Å². The molecule has 0 spiro atoms. The summed E-state index contributed by atoms with van der Waals surface area (Å²) < 4.78 is 34.3. The summed E-state index contributed by atoms with van der Waals surface area (Å²) in [6.45, 7) is 5.67. The SMILES string of the molecule is Cc1cc(S(=O)NCCOCCOCCNC(=O)COc2ccc(C)c(N3CCC(=O)NC3=O)c2)ccc1Nc1ncc2cc(Cl)c(=O)n(C3CCCC3)c2n1. The Bertz CT molecular complexity index is 2160. The topological polar surface area (TPSA) is 195 Å². The average Bonchev–Trinajstić information content (AvgIpc) is 3.71. The molecule has 1 saturated carbocycles. The molecule has 0 bridgehead atoms. The number of imide groups is 1. The van der Waals surface area contributed by atoms with Crippen molar-refractivity contribution in [1.82, 2.24) is 29.9 Å². The molecule has 1 unspecified atom stereocenters. The summed E-state index contributed by atoms with van der Waals surface area (Å²) >= 11 is 6.26. The number of benzene rings is 2. The van der Waals surface area contributed by atoms with Crippen molar-refractivity contribution in [3.63, 3.8) is 0 Å². The lowest BCUT2D eigenvalue weighted by molar-refractivity contribution is -0.123. The number of amides is 4. The number of fused-ring (bicyclic) bond motifs is 1. The van der Waals surface area contributed by atoms with Crippen LogP contribution in [0.1, 0.15) is 49.3 Å². The third kappa shape index (κ3) is 10.5. The lowest BCUT2D eigenvalue weighted by Gasteiger charge is -2.28. The molecule has 4 amide bonds. The van der Waals surface area contributed by atoms with Crippen LogP contribution in [0.3, 0.4) is 0 Å². The highest BCUT2D eigenvalue weighted by atomic mass is 35.5. The van der Waals surface area contributed by atoms with Crippen LogP contribution in [0.4, 0.5) is 22.1 Å². The van der Waals surface area contributed by atoms with Gasteiger partial charge in [-0.2, -0.15) is 4.98 Å². The molecule has 0 radical (unpaired) electrons. The van der Waals surface area contributed by atoms with Crippen molar-refractivity contribution in [1.29, 1.82) is 0 Å². The van der Waals surface area contributed by atoms with E-state index in [1.807, 2.05) is 26.0 Å². The van der Waals surface area contributed by atoms with Crippen molar-refractivity contribution in [2.45, 2.75) is 56.9 Å². The van der Waals surface area contributed by atoms with Crippen LogP contribution in [0.25, 0.3) is 11.0 Å². The molecule has 1 saturated heterocycles. The van der Waals surface area contributed by atoms with Crippen LogP contribution >= 0.6 is 11.6 Å². The number of aryl methyl sites for hydroxylation is 2. The van der Waals surface area contributed by atoms with Gasteiger partial charge in [0, 0.05) is 55.4 Å². The average molecular weight is 809 g/mol. The van der Waals surface area contributed by atoms with Gasteiger partial charge in [0.05, 0.1) is 37.0 Å². The zero-order valence-corrected chi connectivity index (χ0v) is 32.8. The van der Waals surface area contributed by atoms with Gasteiger partial charge < -0.3 is 24.8 Å². The van der Waals surface area contributed by atoms with E-state index < -0.39 is 17.0 Å². The number of carbonyl (C=O) groups excluding carboxylic acids is 3. The van der Waals surface area contributed by atoms with Crippen LogP contribution < -0.4 is 35.9 Å². The van der Waals surface area contributed by atoms with E-state index in [4.69, 9.17) is 30.8 Å². The van der Waals surface area contributed by atoms with E-state index in [1.54, 1.807) is 41.1 Å². The van der Waals surface area contributed by atoms with Gasteiger partial charge in [-0.3, -0.25) is 29.2 Å². The largest absolute Gasteiger partial charge is 0.484 e. The number of carbonyl (C=O) groups is 3. The van der Waals surface area contributed by atoms with Gasteiger partial charge in [0.1, 0.15) is 27.4 Å². The van der Waals surface area contributed by atoms with E-state index >= 15 is 0 Å². The Labute approximate surface area is 331 Å². The summed E-state index contributed by atoms with van der Waals surface area (Å²) in [5.74, 6) is 0.128. The van der Waals surface area contributed by atoms with Gasteiger partial charge in [-0.15, -0.1) is 0 Å². The Morgan fingerprint density at radius 2 is 1.75 bits per heavy atom. The van der Waals surface area contributed by atoms with E-state index in [0.29, 0.717) is 59.7 Å². The minimum Gasteiger partial charge on any atom is -0.484 e. The molecule has 3 heterocycles. The van der Waals surface area contributed by atoms with Crippen LogP contribution in [-0.2, 0) is 30.0 Å². The second-order valence-electron chi connectivity index (χ2n) is 13.4. The highest BCUT2D eigenvalue weighted by molar-refractivity contribution is 7.83. The maximum atomic E-state index is 13.0. The van der Waals surface area contributed by atoms with Crippen LogP contribution in [0.2, 0.25) is 5.02 Å². The molecule has 1 aliphatic heterocycles. The Kier molecular flexibility index (Phi) is 14.0. The van der Waals surface area contributed by atoms with Crippen LogP contribution in [0, 0.1) is 13.8 Å². The van der Waals surface area contributed by atoms with Crippen LogP contribution in [0.15, 0.2) is 58.4 Å². The fraction of sp³-hybridized carbons (Fsp3) is 0.421. The number of aromatic nitrogens is 3. The standard InChI is InChI=1S/C38H45ClN8O8S/c1-24-7-8-28(21-32(24)46-14-11-33(48)44-38(46)51)55-23-34(49)40-12-15-53-17-18-54-16-13-42-56(52)29-9-10-31(25(2)19-29)43-37-41-22-26-20-30(39)36(50)47(35(26)45-37)27-5-3-4-6-27/h7-10,19-22,27,42H,3-6,11-18,23H2,1-2H3,(H,40,49)(H,41,43,45)(H,44,48,51). The zero-order chi connectivity index (χ0) is 39.6. The van der Waals surface area contributed by atoms with Gasteiger partial charge in [0.25, 0.3) is 11.5 Å². The van der Waals surface area contributed by atoms with Gasteiger partial charge in [-0.05, 0) is 68.1 Å². The van der Waals surface area contributed by atoms with Crippen LogP contribution in [0.5, 0.6) is 5.75 Å². The number of anilines is 3. The molecule has 298 valence electrons. The van der Waals surface area contributed by atoms with Gasteiger partial charge in [-0.25, -0.2) is 18.7 Å². The highest BCUT2D eigenvalue weighted by Gasteiger charge is 2.26. The van der Waals surface area contributed by atoms with E-state index in [0.717, 1.165) is 42.5 Å². The van der Waals surface area contributed by atoms with Crippen molar-refractivity contribution in [2.75, 3.05) is 62.9 Å². The zero-order valence-electron chi connectivity index (χ0n) is 31.2. The molecule has 4 N–H and O–H groups in total. The van der Waals surface area contributed by atoms with Crippen molar-refractivity contribution < 1.29 is 32.8 Å². The monoisotopic (exact) mass is 808 g/mol. The van der Waals surface area contributed by atoms with Crippen molar-refractivity contribution in [2.24, 2.45) is 0 Å². The number of nitrogens with one attached hydrogen (secondary N) is 4. The first-order valence-electron chi connectivity index (χ1n) is 18.4. The Morgan fingerprint density at radius 3 is 2.50 bits per heavy atom. The van der Waals surface area contributed by atoms with E-state index in [2.05, 4.69) is 25.7 Å². The molecule has 16 nitrogen and oxygen atoms in total. The third-order valence-electron chi connectivity index (χ3n) is 9.39. The third-order valence-corrected chi connectivity index (χ3v) is 10.8. The molecular weight excluding hydrogens is 764 g/mol. The summed E-state index contributed by atoms with van der Waals surface area (Å²) in [7, 11) is -1.46. The second-order valence-corrected chi connectivity index (χ2v) is 15.1. The number of pyridine rings is 1. The van der Waals surface area contributed by atoms with Crippen molar-refractivity contribution in [3.8, 4) is 5.75 Å². The molecule has 2 aromatic heterocycles. The van der Waals surface area contributed by atoms with Crippen molar-refractivity contribution in [3.05, 3.63) is 75.2 Å². The number of halogens is 1. The highest BCUT2D eigenvalue weighted by Crippen LogP contribution is 2.32. The quantitative estimate of drug-likeness (QED) is 0.105. The minimum absolute atomic E-state index is 0.0602. The second kappa shape index (κ2) is 19.3. The summed E-state index contributed by atoms with van der Waals surface area (Å²) in [6.07, 6.45) is 5.80. The molecule has 1 aliphatic carbocycles. The molecular formula is C38H45ClN8O8S. The smallest absolute Gasteiger partial charge is 0.328 e.